The minimum absolute atomic E-state index is 0.0281. The zero-order valence-corrected chi connectivity index (χ0v) is 19.4. The Kier molecular flexibility index (Phi) is 5.60. The van der Waals surface area contributed by atoms with E-state index in [4.69, 9.17) is 0 Å². The first-order valence-corrected chi connectivity index (χ1v) is 12.2. The van der Waals surface area contributed by atoms with Gasteiger partial charge >= 0.3 is 0 Å². The average Bonchev–Trinajstić information content (AvgIpc) is 3.53. The van der Waals surface area contributed by atoms with Crippen LogP contribution in [-0.2, 0) is 11.2 Å². The lowest BCUT2D eigenvalue weighted by Crippen LogP contribution is -2.47. The molecule has 164 valence electrons. The van der Waals surface area contributed by atoms with Gasteiger partial charge in [-0.2, -0.15) is 0 Å². The first-order chi connectivity index (χ1) is 15.5. The summed E-state index contributed by atoms with van der Waals surface area (Å²) in [6.07, 6.45) is 2.82. The van der Waals surface area contributed by atoms with Crippen LogP contribution in [-0.4, -0.2) is 40.7 Å². The molecule has 5 rings (SSSR count). The minimum atomic E-state index is -0.0895. The maximum absolute atomic E-state index is 13.7. The number of hydrogen-bond donors (Lipinski definition) is 0. The van der Waals surface area contributed by atoms with Crippen LogP contribution in [0.4, 0.5) is 0 Å². The number of benzene rings is 2. The van der Waals surface area contributed by atoms with Gasteiger partial charge in [-0.25, -0.2) is 0 Å². The van der Waals surface area contributed by atoms with Crippen molar-refractivity contribution in [1.82, 2.24) is 9.80 Å². The van der Waals surface area contributed by atoms with E-state index < -0.39 is 0 Å². The third kappa shape index (κ3) is 3.86. The molecule has 32 heavy (non-hydrogen) atoms. The molecule has 2 heterocycles. The van der Waals surface area contributed by atoms with Gasteiger partial charge in [0.2, 0.25) is 5.91 Å². The predicted molar refractivity (Wildman–Crippen MR) is 128 cm³/mol. The second kappa shape index (κ2) is 8.55. The largest absolute Gasteiger partial charge is 0.330 e. The summed E-state index contributed by atoms with van der Waals surface area (Å²) in [4.78, 5) is 32.3. The topological polar surface area (TPSA) is 40.6 Å². The van der Waals surface area contributed by atoms with Gasteiger partial charge in [0.05, 0.1) is 6.04 Å². The summed E-state index contributed by atoms with van der Waals surface area (Å²) in [5.41, 5.74) is 5.23. The molecule has 1 aliphatic carbocycles. The summed E-state index contributed by atoms with van der Waals surface area (Å²) in [6.45, 7) is 4.88. The first kappa shape index (κ1) is 21.0. The van der Waals surface area contributed by atoms with Gasteiger partial charge in [-0.05, 0) is 72.9 Å². The summed E-state index contributed by atoms with van der Waals surface area (Å²) >= 11 is 1.77. The lowest BCUT2D eigenvalue weighted by molar-refractivity contribution is -0.134. The predicted octanol–water partition coefficient (Wildman–Crippen LogP) is 5.14. The zero-order chi connectivity index (χ0) is 22.2. The lowest BCUT2D eigenvalue weighted by atomic mass is 9.90. The van der Waals surface area contributed by atoms with Crippen LogP contribution in [0.2, 0.25) is 0 Å². The number of amides is 2. The molecule has 4 nitrogen and oxygen atoms in total. The van der Waals surface area contributed by atoms with E-state index in [0.29, 0.717) is 12.1 Å². The molecule has 2 aromatic carbocycles. The van der Waals surface area contributed by atoms with Crippen LogP contribution >= 0.6 is 11.3 Å². The van der Waals surface area contributed by atoms with E-state index in [2.05, 4.69) is 30.5 Å². The second-order valence-electron chi connectivity index (χ2n) is 8.87. The fourth-order valence-corrected chi connectivity index (χ4v) is 5.67. The Balaban J connectivity index is 1.45. The van der Waals surface area contributed by atoms with Crippen molar-refractivity contribution < 1.29 is 9.59 Å². The smallest absolute Gasteiger partial charge is 0.254 e. The van der Waals surface area contributed by atoms with Gasteiger partial charge in [-0.3, -0.25) is 9.59 Å². The molecule has 0 N–H and O–H groups in total. The summed E-state index contributed by atoms with van der Waals surface area (Å²) in [6, 6.07) is 18.2. The Labute approximate surface area is 193 Å². The number of hydrogen-bond acceptors (Lipinski definition) is 3. The number of thiophene rings is 1. The number of nitrogens with zero attached hydrogens (tertiary/aromatic N) is 2. The third-order valence-corrected chi connectivity index (χ3v) is 7.70. The Hall–Kier alpha value is -2.92. The Morgan fingerprint density at radius 2 is 1.69 bits per heavy atom. The van der Waals surface area contributed by atoms with Crippen LogP contribution in [0.5, 0.6) is 0 Å². The van der Waals surface area contributed by atoms with Gasteiger partial charge in [0, 0.05) is 23.0 Å². The van der Waals surface area contributed by atoms with Crippen LogP contribution in [0.3, 0.4) is 0 Å². The normalized spacial score (nSPS) is 17.7. The van der Waals surface area contributed by atoms with Crippen LogP contribution in [0.1, 0.15) is 56.4 Å². The van der Waals surface area contributed by atoms with Gasteiger partial charge < -0.3 is 9.80 Å². The molecule has 1 atom stereocenters. The van der Waals surface area contributed by atoms with E-state index in [9.17, 15) is 9.59 Å². The SMILES string of the molecule is Cc1ccccc1C(=O)N(CC(=O)N1CCc2sccc2C1c1ccccc1C)C1CC1. The molecule has 1 aliphatic heterocycles. The van der Waals surface area contributed by atoms with E-state index in [1.165, 1.54) is 21.6 Å². The van der Waals surface area contributed by atoms with Crippen LogP contribution in [0, 0.1) is 13.8 Å². The number of aryl methyl sites for hydroxylation is 2. The maximum atomic E-state index is 13.7. The highest BCUT2D eigenvalue weighted by Gasteiger charge is 2.38. The first-order valence-electron chi connectivity index (χ1n) is 11.3. The fraction of sp³-hybridized carbons (Fsp3) is 0.333. The highest BCUT2D eigenvalue weighted by atomic mass is 32.1. The van der Waals surface area contributed by atoms with E-state index >= 15 is 0 Å². The van der Waals surface area contributed by atoms with Crippen LogP contribution in [0.15, 0.2) is 60.0 Å². The van der Waals surface area contributed by atoms with Gasteiger partial charge in [-0.1, -0.05) is 42.5 Å². The monoisotopic (exact) mass is 444 g/mol. The second-order valence-corrected chi connectivity index (χ2v) is 9.88. The molecule has 2 aliphatic rings. The van der Waals surface area contributed by atoms with Gasteiger partial charge in [0.15, 0.2) is 0 Å². The Bertz CT molecular complexity index is 1160. The lowest BCUT2D eigenvalue weighted by Gasteiger charge is -2.38. The maximum Gasteiger partial charge on any atom is 0.254 e. The van der Waals surface area contributed by atoms with Crippen LogP contribution < -0.4 is 0 Å². The van der Waals surface area contributed by atoms with Crippen molar-refractivity contribution in [2.24, 2.45) is 0 Å². The highest BCUT2D eigenvalue weighted by Crippen LogP contribution is 2.39. The van der Waals surface area contributed by atoms with Crippen molar-refractivity contribution in [3.8, 4) is 0 Å². The van der Waals surface area contributed by atoms with Crippen molar-refractivity contribution in [3.05, 3.63) is 92.7 Å². The Morgan fingerprint density at radius 1 is 0.969 bits per heavy atom. The van der Waals surface area contributed by atoms with E-state index in [0.717, 1.165) is 24.8 Å². The van der Waals surface area contributed by atoms with Crippen molar-refractivity contribution >= 4 is 23.2 Å². The summed E-state index contributed by atoms with van der Waals surface area (Å²) < 4.78 is 0. The van der Waals surface area contributed by atoms with Crippen molar-refractivity contribution in [1.29, 1.82) is 0 Å². The Morgan fingerprint density at radius 3 is 2.41 bits per heavy atom. The molecule has 1 unspecified atom stereocenters. The molecule has 0 spiro atoms. The molecule has 1 saturated carbocycles. The van der Waals surface area contributed by atoms with E-state index in [1.807, 2.05) is 53.1 Å². The van der Waals surface area contributed by atoms with Crippen molar-refractivity contribution in [2.45, 2.75) is 45.2 Å². The number of fused-ring (bicyclic) bond motifs is 1. The average molecular weight is 445 g/mol. The van der Waals surface area contributed by atoms with Crippen molar-refractivity contribution in [3.63, 3.8) is 0 Å². The molecular weight excluding hydrogens is 416 g/mol. The summed E-state index contributed by atoms with van der Waals surface area (Å²) in [7, 11) is 0. The number of rotatable bonds is 5. The molecule has 0 bridgehead atoms. The van der Waals surface area contributed by atoms with E-state index in [-0.39, 0.29) is 30.4 Å². The highest BCUT2D eigenvalue weighted by molar-refractivity contribution is 7.10. The number of carbonyl (C=O) groups excluding carboxylic acids is 2. The van der Waals surface area contributed by atoms with Crippen molar-refractivity contribution in [2.75, 3.05) is 13.1 Å². The molecule has 3 aromatic rings. The zero-order valence-electron chi connectivity index (χ0n) is 18.6. The van der Waals surface area contributed by atoms with E-state index in [1.54, 1.807) is 11.3 Å². The molecule has 0 saturated heterocycles. The standard InChI is InChI=1S/C27H28N2O2S/c1-18-7-3-5-9-21(18)26-23-14-16-32-24(23)13-15-28(26)25(30)17-29(20-11-12-20)27(31)22-10-6-4-8-19(22)2/h3-10,14,16,20,26H,11-13,15,17H2,1-2H3. The molecule has 2 amide bonds. The molecule has 0 radical (unpaired) electrons. The van der Waals surface area contributed by atoms with Gasteiger partial charge in [0.25, 0.3) is 5.91 Å². The minimum Gasteiger partial charge on any atom is -0.330 e. The van der Waals surface area contributed by atoms with Gasteiger partial charge in [-0.15, -0.1) is 11.3 Å². The molecular formula is C27H28N2O2S. The molecule has 1 aromatic heterocycles. The quantitative estimate of drug-likeness (QED) is 0.546. The van der Waals surface area contributed by atoms with Crippen LogP contribution in [0.25, 0.3) is 0 Å². The number of carbonyl (C=O) groups is 2. The fourth-order valence-electron chi connectivity index (χ4n) is 4.77. The molecule has 5 heteroatoms. The van der Waals surface area contributed by atoms with Gasteiger partial charge in [0.1, 0.15) is 6.54 Å². The molecule has 1 fully saturated rings. The third-order valence-electron chi connectivity index (χ3n) is 6.70. The summed E-state index contributed by atoms with van der Waals surface area (Å²) in [5, 5.41) is 2.13. The summed E-state index contributed by atoms with van der Waals surface area (Å²) in [5.74, 6) is 0.00330.